The van der Waals surface area contributed by atoms with Crippen LogP contribution in [0.15, 0.2) is 194 Å². The monoisotopic (exact) mass is 631 g/mol. The average molecular weight is 632 g/mol. The topological polar surface area (TPSA) is 12.4 Å². The lowest BCUT2D eigenvalue weighted by atomic mass is 9.83. The van der Waals surface area contributed by atoms with Gasteiger partial charge in [-0.1, -0.05) is 179 Å². The zero-order valence-electron chi connectivity index (χ0n) is 28.6. The van der Waals surface area contributed by atoms with Crippen LogP contribution in [0.2, 0.25) is 0 Å². The van der Waals surface area contributed by atoms with Gasteiger partial charge in [-0.15, -0.1) is 0 Å². The number of rotatable bonds is 8. The van der Waals surface area contributed by atoms with Crippen molar-refractivity contribution in [1.82, 2.24) is 0 Å². The molecule has 0 N–H and O–H groups in total. The maximum atomic E-state index is 4.81. The van der Waals surface area contributed by atoms with Crippen molar-refractivity contribution in [2.75, 3.05) is 0 Å². The summed E-state index contributed by atoms with van der Waals surface area (Å²) in [6.07, 6.45) is 5.65. The van der Waals surface area contributed by atoms with E-state index in [-0.39, 0.29) is 0 Å². The van der Waals surface area contributed by atoms with E-state index < -0.39 is 0 Å². The molecule has 0 aromatic heterocycles. The minimum absolute atomic E-state index is 0.620. The lowest BCUT2D eigenvalue weighted by molar-refractivity contribution is 1.36. The number of aliphatic imine (C=N–C) groups is 1. The van der Waals surface area contributed by atoms with Crippen LogP contribution in [0.3, 0.4) is 0 Å². The van der Waals surface area contributed by atoms with Crippen molar-refractivity contribution in [3.63, 3.8) is 0 Å². The van der Waals surface area contributed by atoms with E-state index in [1.807, 2.05) is 32.9 Å². The van der Waals surface area contributed by atoms with Crippen LogP contribution < -0.4 is 0 Å². The molecule has 0 amide bonds. The summed E-state index contributed by atoms with van der Waals surface area (Å²) < 4.78 is 0. The second-order valence-corrected chi connectivity index (χ2v) is 11.7. The molecular weight excluding hydrogens is 591 g/mol. The van der Waals surface area contributed by atoms with Crippen LogP contribution in [0.4, 0.5) is 0 Å². The predicted molar refractivity (Wildman–Crippen MR) is 216 cm³/mol. The summed E-state index contributed by atoms with van der Waals surface area (Å²) in [6.45, 7) is 18.3. The Labute approximate surface area is 290 Å². The minimum atomic E-state index is 0.620. The van der Waals surface area contributed by atoms with E-state index >= 15 is 0 Å². The third kappa shape index (κ3) is 6.32. The molecule has 0 fully saturated rings. The van der Waals surface area contributed by atoms with Gasteiger partial charge < -0.3 is 0 Å². The van der Waals surface area contributed by atoms with E-state index in [2.05, 4.69) is 159 Å². The molecule has 49 heavy (non-hydrogen) atoms. The van der Waals surface area contributed by atoms with Gasteiger partial charge in [-0.25, -0.2) is 4.99 Å². The highest BCUT2D eigenvalue weighted by atomic mass is 14.8. The van der Waals surface area contributed by atoms with Gasteiger partial charge in [0.1, 0.15) is 0 Å². The van der Waals surface area contributed by atoms with Crippen molar-refractivity contribution in [2.45, 2.75) is 20.8 Å². The number of hydrogen-bond acceptors (Lipinski definition) is 1. The molecule has 0 aliphatic rings. The summed E-state index contributed by atoms with van der Waals surface area (Å²) in [4.78, 5) is 4.81. The van der Waals surface area contributed by atoms with E-state index in [1.165, 1.54) is 60.1 Å². The van der Waals surface area contributed by atoms with Gasteiger partial charge in [0.25, 0.3) is 0 Å². The molecule has 0 aliphatic heterocycles. The number of nitrogens with zero attached hydrogens (tertiary/aromatic N) is 1. The highest BCUT2D eigenvalue weighted by Gasteiger charge is 2.19. The molecule has 0 saturated carbocycles. The second kappa shape index (κ2) is 14.8. The number of allylic oxidation sites excluding steroid dienone is 3. The van der Waals surface area contributed by atoms with Gasteiger partial charge in [-0.2, -0.15) is 0 Å². The Bertz CT molecular complexity index is 2350. The van der Waals surface area contributed by atoms with Gasteiger partial charge in [-0.3, -0.25) is 0 Å². The van der Waals surface area contributed by atoms with Crippen molar-refractivity contribution in [3.8, 4) is 33.4 Å². The van der Waals surface area contributed by atoms with E-state index in [0.29, 0.717) is 5.70 Å². The Balaban J connectivity index is 0.00000205. The molecular formula is C48H41N. The summed E-state index contributed by atoms with van der Waals surface area (Å²) >= 11 is 0. The van der Waals surface area contributed by atoms with Crippen molar-refractivity contribution in [3.05, 3.63) is 194 Å². The molecule has 1 heteroatoms. The second-order valence-electron chi connectivity index (χ2n) is 11.7. The third-order valence-corrected chi connectivity index (χ3v) is 8.84. The van der Waals surface area contributed by atoms with Crippen LogP contribution in [0.25, 0.3) is 65.7 Å². The molecule has 238 valence electrons. The molecule has 7 aromatic rings. The molecule has 0 saturated heterocycles. The van der Waals surface area contributed by atoms with Crippen LogP contribution in [0, 0.1) is 0 Å². The Morgan fingerprint density at radius 3 is 1.59 bits per heavy atom. The van der Waals surface area contributed by atoms with Crippen molar-refractivity contribution < 1.29 is 0 Å². The number of fused-ring (bicyclic) bond motifs is 3. The van der Waals surface area contributed by atoms with Crippen LogP contribution in [0.5, 0.6) is 0 Å². The van der Waals surface area contributed by atoms with Crippen LogP contribution in [-0.2, 0) is 0 Å². The standard InChI is InChI=1S/C46H35N.C2H6/c1-5-17-31(3)32(4)47-44(6-2)34-20-16-21-35(30-34)45-39-24-12-14-26-41(39)46(42-27-15-13-25-40(42)45)43-29-28-36(33-18-8-7-9-19-33)37-22-10-11-23-38(37)43;1-2/h5-30H,2-4H2,1H3;1-2H3/b17-5-,47-44?;. The third-order valence-electron chi connectivity index (χ3n) is 8.84. The zero-order valence-corrected chi connectivity index (χ0v) is 28.6. The molecule has 0 heterocycles. The summed E-state index contributed by atoms with van der Waals surface area (Å²) in [5.41, 5.74) is 10.4. The SMILES string of the molecule is C=CC(=NC(=C)C(=C)/C=C\C)c1cccc(-c2c3ccccc3c(-c3ccc(-c4ccccc4)c4ccccc34)c3ccccc23)c1.CC. The Kier molecular flexibility index (Phi) is 9.93. The number of hydrogen-bond donors (Lipinski definition) is 0. The normalized spacial score (nSPS) is 11.4. The molecule has 0 bridgehead atoms. The summed E-state index contributed by atoms with van der Waals surface area (Å²) in [5, 5.41) is 7.34. The van der Waals surface area contributed by atoms with Gasteiger partial charge in [0, 0.05) is 5.56 Å². The molecule has 0 radical (unpaired) electrons. The van der Waals surface area contributed by atoms with Gasteiger partial charge in [0.2, 0.25) is 0 Å². The lowest BCUT2D eigenvalue weighted by Crippen LogP contribution is -1.99. The molecule has 0 aliphatic carbocycles. The first-order chi connectivity index (χ1) is 24.1. The average Bonchev–Trinajstić information content (AvgIpc) is 3.16. The highest BCUT2D eigenvalue weighted by molar-refractivity contribution is 6.24. The fourth-order valence-corrected chi connectivity index (χ4v) is 6.69. The van der Waals surface area contributed by atoms with E-state index in [9.17, 15) is 0 Å². The molecule has 0 atom stereocenters. The fraction of sp³-hybridized carbons (Fsp3) is 0.0625. The maximum absolute atomic E-state index is 4.81. The van der Waals surface area contributed by atoms with E-state index in [4.69, 9.17) is 4.99 Å². The Morgan fingerprint density at radius 2 is 1.02 bits per heavy atom. The maximum Gasteiger partial charge on any atom is 0.0703 e. The molecule has 7 aromatic carbocycles. The summed E-state index contributed by atoms with van der Waals surface area (Å²) in [5.74, 6) is 0. The molecule has 0 unspecified atom stereocenters. The first-order valence-electron chi connectivity index (χ1n) is 16.9. The largest absolute Gasteiger partial charge is 0.248 e. The molecule has 7 rings (SSSR count). The van der Waals surface area contributed by atoms with Crippen molar-refractivity contribution in [2.24, 2.45) is 4.99 Å². The number of benzene rings is 7. The van der Waals surface area contributed by atoms with Gasteiger partial charge in [0.15, 0.2) is 0 Å². The van der Waals surface area contributed by atoms with Crippen LogP contribution in [-0.4, -0.2) is 5.71 Å². The first-order valence-corrected chi connectivity index (χ1v) is 16.9. The highest BCUT2D eigenvalue weighted by Crippen LogP contribution is 2.46. The van der Waals surface area contributed by atoms with Gasteiger partial charge in [-0.05, 0) is 90.3 Å². The quantitative estimate of drug-likeness (QED) is 0.0899. The van der Waals surface area contributed by atoms with Crippen molar-refractivity contribution >= 4 is 38.0 Å². The van der Waals surface area contributed by atoms with E-state index in [1.54, 1.807) is 6.08 Å². The van der Waals surface area contributed by atoms with Gasteiger partial charge in [0.05, 0.1) is 11.4 Å². The first kappa shape index (κ1) is 32.9. The lowest BCUT2D eigenvalue weighted by Gasteiger charge is -2.20. The van der Waals surface area contributed by atoms with Gasteiger partial charge >= 0.3 is 0 Å². The predicted octanol–water partition coefficient (Wildman–Crippen LogP) is 13.8. The smallest absolute Gasteiger partial charge is 0.0703 e. The van der Waals surface area contributed by atoms with Crippen LogP contribution >= 0.6 is 0 Å². The molecule has 1 nitrogen and oxygen atoms in total. The Morgan fingerprint density at radius 1 is 0.531 bits per heavy atom. The zero-order chi connectivity index (χ0) is 34.3. The summed E-state index contributed by atoms with van der Waals surface area (Å²) in [6, 6.07) is 50.2. The molecule has 0 spiro atoms. The van der Waals surface area contributed by atoms with Crippen molar-refractivity contribution in [1.29, 1.82) is 0 Å². The van der Waals surface area contributed by atoms with Crippen LogP contribution in [0.1, 0.15) is 26.3 Å². The fourth-order valence-electron chi connectivity index (χ4n) is 6.69. The summed E-state index contributed by atoms with van der Waals surface area (Å²) in [7, 11) is 0. The Hall–Kier alpha value is -6.05. The van der Waals surface area contributed by atoms with E-state index in [0.717, 1.165) is 22.4 Å². The minimum Gasteiger partial charge on any atom is -0.248 e.